The number of rotatable bonds is 4. The van der Waals surface area contributed by atoms with Crippen molar-refractivity contribution >= 4 is 33.9 Å². The van der Waals surface area contributed by atoms with Crippen molar-refractivity contribution in [3.8, 4) is 11.3 Å². The summed E-state index contributed by atoms with van der Waals surface area (Å²) in [5.74, 6) is -2.00. The first-order chi connectivity index (χ1) is 16.6. The molecule has 0 bridgehead atoms. The highest BCUT2D eigenvalue weighted by molar-refractivity contribution is 7.81. The number of piperidine rings is 1. The molecule has 4 aromatic heterocycles. The van der Waals surface area contributed by atoms with Gasteiger partial charge in [0, 0.05) is 38.0 Å². The molecule has 1 atom stereocenters. The van der Waals surface area contributed by atoms with E-state index in [2.05, 4.69) is 25.5 Å². The van der Waals surface area contributed by atoms with Crippen LogP contribution in [0, 0.1) is 0 Å². The van der Waals surface area contributed by atoms with Crippen molar-refractivity contribution < 1.29 is 21.8 Å². The van der Waals surface area contributed by atoms with Gasteiger partial charge in [-0.2, -0.15) is 10.1 Å². The number of alkyl halides is 4. The SMILES string of the molecule is CNc1nc(N)nn2ccc(-c3ccc4ncc(C(F)F)n4n3)c12.CS(=O)N1CCCC(F)(F)C1. The topological polar surface area (TPSA) is 119 Å². The second-order valence-electron chi connectivity index (χ2n) is 7.81. The fourth-order valence-electron chi connectivity index (χ4n) is 3.76. The molecule has 5 heterocycles. The third-order valence-corrected chi connectivity index (χ3v) is 6.41. The molecule has 3 N–H and O–H groups in total. The maximum atomic E-state index is 13.1. The van der Waals surface area contributed by atoms with Crippen LogP contribution in [-0.4, -0.2) is 70.0 Å². The van der Waals surface area contributed by atoms with Crippen LogP contribution in [0.15, 0.2) is 30.6 Å². The van der Waals surface area contributed by atoms with Gasteiger partial charge in [0.25, 0.3) is 12.3 Å². The van der Waals surface area contributed by atoms with Gasteiger partial charge in [-0.25, -0.2) is 40.1 Å². The lowest BCUT2D eigenvalue weighted by molar-refractivity contribution is -0.0421. The van der Waals surface area contributed by atoms with Crippen LogP contribution in [0.1, 0.15) is 25.0 Å². The molecule has 0 aliphatic carbocycles. The molecule has 1 saturated heterocycles. The maximum absolute atomic E-state index is 13.1. The monoisotopic (exact) mass is 513 g/mol. The standard InChI is InChI=1S/C14H12F2N8.C6H11F2NOS/c1-18-13-11-7(4-5-23(11)22-14(17)20-13)8-2-3-10-19-6-9(12(15)16)24(10)21-8;1-11(10)9-4-2-3-6(7,8)5-9/h2-6,12H,1H3,(H3,17,18,20,22);2-5H2,1H3. The van der Waals surface area contributed by atoms with Crippen molar-refractivity contribution in [2.75, 3.05) is 37.4 Å². The summed E-state index contributed by atoms with van der Waals surface area (Å²) in [4.78, 5) is 8.08. The number of aromatic nitrogens is 6. The summed E-state index contributed by atoms with van der Waals surface area (Å²) >= 11 is 0. The summed E-state index contributed by atoms with van der Waals surface area (Å²) in [5, 5.41) is 11.3. The quantitative estimate of drug-likeness (QED) is 0.403. The van der Waals surface area contributed by atoms with Crippen LogP contribution in [0.25, 0.3) is 22.4 Å². The maximum Gasteiger partial charge on any atom is 0.282 e. The summed E-state index contributed by atoms with van der Waals surface area (Å²) < 4.78 is 66.2. The lowest BCUT2D eigenvalue weighted by Gasteiger charge is -2.30. The van der Waals surface area contributed by atoms with Crippen molar-refractivity contribution in [1.29, 1.82) is 0 Å². The summed E-state index contributed by atoms with van der Waals surface area (Å²) in [6.07, 6.45) is 1.97. The Morgan fingerprint density at radius 3 is 2.63 bits per heavy atom. The number of nitrogens with zero attached hydrogens (tertiary/aromatic N) is 7. The Morgan fingerprint density at radius 2 is 2.00 bits per heavy atom. The van der Waals surface area contributed by atoms with E-state index < -0.39 is 23.3 Å². The minimum atomic E-state index is -2.66. The Morgan fingerprint density at radius 1 is 1.23 bits per heavy atom. The van der Waals surface area contributed by atoms with Crippen LogP contribution in [0.5, 0.6) is 0 Å². The number of imidazole rings is 1. The van der Waals surface area contributed by atoms with Gasteiger partial charge in [-0.15, -0.1) is 5.10 Å². The van der Waals surface area contributed by atoms with Gasteiger partial charge in [0.2, 0.25) is 5.95 Å². The first kappa shape index (κ1) is 24.8. The molecular weight excluding hydrogens is 490 g/mol. The average Bonchev–Trinajstić information content (AvgIpc) is 3.42. The molecule has 5 rings (SSSR count). The Labute approximate surface area is 199 Å². The number of nitrogens with two attached hydrogens (primary N) is 1. The molecule has 0 amide bonds. The molecule has 1 aliphatic rings. The lowest BCUT2D eigenvalue weighted by Crippen LogP contribution is -2.42. The second-order valence-corrected chi connectivity index (χ2v) is 9.17. The van der Waals surface area contributed by atoms with Gasteiger partial charge in [-0.1, -0.05) is 0 Å². The van der Waals surface area contributed by atoms with Gasteiger partial charge in [0.15, 0.2) is 11.5 Å². The predicted octanol–water partition coefficient (Wildman–Crippen LogP) is 3.01. The molecule has 1 fully saturated rings. The van der Waals surface area contributed by atoms with Crippen LogP contribution in [-0.2, 0) is 11.0 Å². The first-order valence-corrected chi connectivity index (χ1v) is 12.0. The van der Waals surface area contributed by atoms with Crippen molar-refractivity contribution in [2.45, 2.75) is 25.2 Å². The predicted molar refractivity (Wildman–Crippen MR) is 124 cm³/mol. The molecule has 1 aliphatic heterocycles. The molecule has 0 spiro atoms. The Kier molecular flexibility index (Phi) is 6.89. The molecule has 0 aromatic carbocycles. The van der Waals surface area contributed by atoms with Gasteiger partial charge >= 0.3 is 0 Å². The molecule has 0 saturated carbocycles. The van der Waals surface area contributed by atoms with Crippen LogP contribution >= 0.6 is 0 Å². The zero-order chi connectivity index (χ0) is 25.3. The normalized spacial score (nSPS) is 16.9. The number of fused-ring (bicyclic) bond motifs is 2. The van der Waals surface area contributed by atoms with Crippen molar-refractivity contribution in [3.05, 3.63) is 36.3 Å². The zero-order valence-electron chi connectivity index (χ0n) is 18.8. The molecule has 35 heavy (non-hydrogen) atoms. The van der Waals surface area contributed by atoms with Crippen LogP contribution < -0.4 is 11.1 Å². The van der Waals surface area contributed by atoms with Crippen LogP contribution in [0.2, 0.25) is 0 Å². The van der Waals surface area contributed by atoms with Crippen molar-refractivity contribution in [2.24, 2.45) is 0 Å². The molecular formula is C20H23F4N9OS. The number of nitrogens with one attached hydrogen (secondary N) is 1. The van der Waals surface area contributed by atoms with Crippen LogP contribution in [0.3, 0.4) is 0 Å². The van der Waals surface area contributed by atoms with Gasteiger partial charge in [-0.3, -0.25) is 0 Å². The van der Waals surface area contributed by atoms with Crippen LogP contribution in [0.4, 0.5) is 29.3 Å². The number of anilines is 2. The van der Waals surface area contributed by atoms with E-state index in [1.54, 1.807) is 36.0 Å². The highest BCUT2D eigenvalue weighted by Crippen LogP contribution is 2.29. The smallest absolute Gasteiger partial charge is 0.282 e. The lowest BCUT2D eigenvalue weighted by atomic mass is 10.1. The van der Waals surface area contributed by atoms with Gasteiger partial charge < -0.3 is 11.1 Å². The minimum Gasteiger partial charge on any atom is -0.371 e. The molecule has 0 radical (unpaired) electrons. The molecule has 1 unspecified atom stereocenters. The molecule has 15 heteroatoms. The Balaban J connectivity index is 0.000000221. The van der Waals surface area contributed by atoms with E-state index in [0.29, 0.717) is 41.2 Å². The Hall–Kier alpha value is -3.33. The highest BCUT2D eigenvalue weighted by atomic mass is 32.2. The average molecular weight is 514 g/mol. The molecule has 4 aromatic rings. The van der Waals surface area contributed by atoms with E-state index >= 15 is 0 Å². The number of nitrogen functional groups attached to an aromatic ring is 1. The fraction of sp³-hybridized carbons (Fsp3) is 0.400. The largest absolute Gasteiger partial charge is 0.371 e. The summed E-state index contributed by atoms with van der Waals surface area (Å²) in [5.41, 5.74) is 7.60. The van der Waals surface area contributed by atoms with Gasteiger partial charge in [0.1, 0.15) is 11.2 Å². The van der Waals surface area contributed by atoms with Crippen molar-refractivity contribution in [3.63, 3.8) is 0 Å². The minimum absolute atomic E-state index is 0.0688. The number of halogens is 4. The fourth-order valence-corrected chi connectivity index (χ4v) is 4.51. The second kappa shape index (κ2) is 9.73. The number of hydrogen-bond donors (Lipinski definition) is 2. The molecule has 188 valence electrons. The zero-order valence-corrected chi connectivity index (χ0v) is 19.6. The number of hydrogen-bond acceptors (Lipinski definition) is 7. The van der Waals surface area contributed by atoms with E-state index in [0.717, 1.165) is 10.7 Å². The van der Waals surface area contributed by atoms with E-state index in [9.17, 15) is 21.8 Å². The molecule has 10 nitrogen and oxygen atoms in total. The highest BCUT2D eigenvalue weighted by Gasteiger charge is 2.36. The van der Waals surface area contributed by atoms with Gasteiger partial charge in [-0.05, 0) is 24.6 Å². The summed E-state index contributed by atoms with van der Waals surface area (Å²) in [6.45, 7) is 0.175. The van der Waals surface area contributed by atoms with Crippen molar-refractivity contribution in [1.82, 2.24) is 33.5 Å². The van der Waals surface area contributed by atoms with Gasteiger partial charge in [0.05, 0.1) is 29.4 Å². The third-order valence-electron chi connectivity index (χ3n) is 5.37. The summed E-state index contributed by atoms with van der Waals surface area (Å²) in [6, 6.07) is 5.12. The van der Waals surface area contributed by atoms with E-state index in [-0.39, 0.29) is 24.6 Å². The Bertz CT molecular complexity index is 1370. The van der Waals surface area contributed by atoms with E-state index in [1.165, 1.54) is 10.6 Å². The summed E-state index contributed by atoms with van der Waals surface area (Å²) in [7, 11) is 0.463. The third kappa shape index (κ3) is 5.19. The van der Waals surface area contributed by atoms with E-state index in [1.807, 2.05) is 0 Å². The van der Waals surface area contributed by atoms with E-state index in [4.69, 9.17) is 5.73 Å². The first-order valence-electron chi connectivity index (χ1n) is 10.5.